The molecule has 0 bridgehead atoms. The third-order valence-electron chi connectivity index (χ3n) is 2.62. The van der Waals surface area contributed by atoms with Crippen molar-refractivity contribution in [3.63, 3.8) is 0 Å². The second-order valence-corrected chi connectivity index (χ2v) is 4.04. The summed E-state index contributed by atoms with van der Waals surface area (Å²) in [5.74, 6) is 7.87. The van der Waals surface area contributed by atoms with Gasteiger partial charge < -0.3 is 19.6 Å². The smallest absolute Gasteiger partial charge is 0.225 e. The molecule has 3 N–H and O–H groups in total. The molecule has 21 heavy (non-hydrogen) atoms. The molecule has 7 heteroatoms. The van der Waals surface area contributed by atoms with Crippen LogP contribution in [0.15, 0.2) is 30.3 Å². The summed E-state index contributed by atoms with van der Waals surface area (Å²) >= 11 is 0. The SMILES string of the molecule is CCOCc1nc(NN)cc(Oc2ccccc2OC)n1. The minimum atomic E-state index is 0.286. The molecule has 0 atom stereocenters. The number of nitrogen functional groups attached to an aromatic ring is 1. The number of anilines is 1. The number of nitrogens with zero attached hydrogens (tertiary/aromatic N) is 2. The van der Waals surface area contributed by atoms with Gasteiger partial charge in [-0.05, 0) is 19.1 Å². The highest BCUT2D eigenvalue weighted by Gasteiger charge is 2.09. The van der Waals surface area contributed by atoms with Crippen molar-refractivity contribution in [2.45, 2.75) is 13.5 Å². The van der Waals surface area contributed by atoms with Gasteiger partial charge in [-0.2, -0.15) is 4.98 Å². The number of hydrogen-bond acceptors (Lipinski definition) is 7. The number of ether oxygens (including phenoxy) is 3. The second-order valence-electron chi connectivity index (χ2n) is 4.04. The van der Waals surface area contributed by atoms with Crippen LogP contribution in [0.1, 0.15) is 12.7 Å². The van der Waals surface area contributed by atoms with E-state index < -0.39 is 0 Å². The Labute approximate surface area is 123 Å². The maximum absolute atomic E-state index is 5.74. The lowest BCUT2D eigenvalue weighted by Gasteiger charge is -2.11. The van der Waals surface area contributed by atoms with Gasteiger partial charge in [-0.3, -0.25) is 0 Å². The molecule has 0 radical (unpaired) electrons. The average molecular weight is 290 g/mol. The van der Waals surface area contributed by atoms with Crippen molar-refractivity contribution in [2.75, 3.05) is 19.1 Å². The van der Waals surface area contributed by atoms with Crippen molar-refractivity contribution < 1.29 is 14.2 Å². The molecule has 0 amide bonds. The molecular formula is C14H18N4O3. The quantitative estimate of drug-likeness (QED) is 0.596. The normalized spacial score (nSPS) is 10.2. The molecule has 0 saturated carbocycles. The van der Waals surface area contributed by atoms with Crippen molar-refractivity contribution >= 4 is 5.82 Å². The Bertz CT molecular complexity index is 592. The van der Waals surface area contributed by atoms with Gasteiger partial charge >= 0.3 is 0 Å². The van der Waals surface area contributed by atoms with E-state index in [1.54, 1.807) is 25.3 Å². The van der Waals surface area contributed by atoms with E-state index in [9.17, 15) is 0 Å². The molecule has 0 unspecified atom stereocenters. The summed E-state index contributed by atoms with van der Waals surface area (Å²) in [7, 11) is 1.58. The van der Waals surface area contributed by atoms with Crippen molar-refractivity contribution in [1.82, 2.24) is 9.97 Å². The van der Waals surface area contributed by atoms with E-state index in [4.69, 9.17) is 20.1 Å². The highest BCUT2D eigenvalue weighted by Crippen LogP contribution is 2.30. The van der Waals surface area contributed by atoms with Gasteiger partial charge in [0.2, 0.25) is 5.88 Å². The van der Waals surface area contributed by atoms with E-state index in [0.717, 1.165) is 0 Å². The number of hydrazine groups is 1. The number of para-hydroxylation sites is 2. The summed E-state index contributed by atoms with van der Waals surface area (Å²) in [6.07, 6.45) is 0. The Morgan fingerprint density at radius 2 is 1.95 bits per heavy atom. The van der Waals surface area contributed by atoms with Crippen LogP contribution < -0.4 is 20.7 Å². The number of benzene rings is 1. The molecule has 0 spiro atoms. The highest BCUT2D eigenvalue weighted by atomic mass is 16.5. The molecule has 1 heterocycles. The fourth-order valence-electron chi connectivity index (χ4n) is 1.67. The Balaban J connectivity index is 2.25. The minimum Gasteiger partial charge on any atom is -0.493 e. The first-order valence-electron chi connectivity index (χ1n) is 6.50. The first kappa shape index (κ1) is 15.0. The monoisotopic (exact) mass is 290 g/mol. The largest absolute Gasteiger partial charge is 0.493 e. The fourth-order valence-corrected chi connectivity index (χ4v) is 1.67. The van der Waals surface area contributed by atoms with Gasteiger partial charge in [0, 0.05) is 12.7 Å². The number of rotatable bonds is 7. The maximum Gasteiger partial charge on any atom is 0.225 e. The Hall–Kier alpha value is -2.38. The van der Waals surface area contributed by atoms with Crippen LogP contribution in [0.4, 0.5) is 5.82 Å². The lowest BCUT2D eigenvalue weighted by Crippen LogP contribution is -2.11. The van der Waals surface area contributed by atoms with Gasteiger partial charge in [-0.1, -0.05) is 12.1 Å². The second kappa shape index (κ2) is 7.41. The molecule has 2 rings (SSSR count). The van der Waals surface area contributed by atoms with Crippen LogP contribution in [0.2, 0.25) is 0 Å². The number of nitrogens with two attached hydrogens (primary N) is 1. The summed E-state index contributed by atoms with van der Waals surface area (Å²) in [4.78, 5) is 8.47. The van der Waals surface area contributed by atoms with E-state index in [-0.39, 0.29) is 6.61 Å². The zero-order valence-electron chi connectivity index (χ0n) is 12.0. The van der Waals surface area contributed by atoms with Gasteiger partial charge in [0.05, 0.1) is 7.11 Å². The Morgan fingerprint density at radius 1 is 1.19 bits per heavy atom. The van der Waals surface area contributed by atoms with Crippen LogP contribution in [-0.4, -0.2) is 23.7 Å². The summed E-state index contributed by atoms with van der Waals surface area (Å²) in [6.45, 7) is 2.76. The number of methoxy groups -OCH3 is 1. The molecule has 1 aromatic heterocycles. The minimum absolute atomic E-state index is 0.286. The highest BCUT2D eigenvalue weighted by molar-refractivity contribution is 5.44. The molecular weight excluding hydrogens is 272 g/mol. The number of hydrogen-bond donors (Lipinski definition) is 2. The third-order valence-corrected chi connectivity index (χ3v) is 2.62. The van der Waals surface area contributed by atoms with Crippen molar-refractivity contribution in [1.29, 1.82) is 0 Å². The van der Waals surface area contributed by atoms with Gasteiger partial charge in [0.15, 0.2) is 17.3 Å². The van der Waals surface area contributed by atoms with Crippen molar-refractivity contribution in [3.05, 3.63) is 36.2 Å². The van der Waals surface area contributed by atoms with E-state index >= 15 is 0 Å². The van der Waals surface area contributed by atoms with E-state index in [1.807, 2.05) is 19.1 Å². The Morgan fingerprint density at radius 3 is 2.62 bits per heavy atom. The molecule has 2 aromatic rings. The van der Waals surface area contributed by atoms with Crippen LogP contribution in [0.3, 0.4) is 0 Å². The number of nitrogens with one attached hydrogen (secondary N) is 1. The van der Waals surface area contributed by atoms with Gasteiger partial charge in [-0.15, -0.1) is 0 Å². The van der Waals surface area contributed by atoms with Crippen molar-refractivity contribution in [3.8, 4) is 17.4 Å². The third kappa shape index (κ3) is 4.04. The predicted octanol–water partition coefficient (Wildman–Crippen LogP) is 2.10. The molecule has 0 fully saturated rings. The van der Waals surface area contributed by atoms with Crippen LogP contribution in [0.5, 0.6) is 17.4 Å². The molecule has 0 aliphatic heterocycles. The van der Waals surface area contributed by atoms with Crippen LogP contribution >= 0.6 is 0 Å². The summed E-state index contributed by atoms with van der Waals surface area (Å²) in [6, 6.07) is 8.90. The average Bonchev–Trinajstić information content (AvgIpc) is 2.53. The van der Waals surface area contributed by atoms with E-state index in [2.05, 4.69) is 15.4 Å². The van der Waals surface area contributed by atoms with Crippen LogP contribution in [0, 0.1) is 0 Å². The molecule has 0 aliphatic rings. The van der Waals surface area contributed by atoms with Crippen molar-refractivity contribution in [2.24, 2.45) is 5.84 Å². The standard InChI is InChI=1S/C14H18N4O3/c1-3-20-9-13-16-12(18-15)8-14(17-13)21-11-7-5-4-6-10(11)19-2/h4-8H,3,9,15H2,1-2H3,(H,16,17,18). The molecule has 112 valence electrons. The predicted molar refractivity (Wildman–Crippen MR) is 78.2 cm³/mol. The van der Waals surface area contributed by atoms with Gasteiger partial charge in [0.1, 0.15) is 12.4 Å². The molecule has 1 aromatic carbocycles. The first-order valence-corrected chi connectivity index (χ1v) is 6.50. The zero-order chi connectivity index (χ0) is 15.1. The molecule has 0 aliphatic carbocycles. The molecule has 0 saturated heterocycles. The van der Waals surface area contributed by atoms with E-state index in [0.29, 0.717) is 35.6 Å². The summed E-state index contributed by atoms with van der Waals surface area (Å²) in [5, 5.41) is 0. The molecule has 7 nitrogen and oxygen atoms in total. The fraction of sp³-hybridized carbons (Fsp3) is 0.286. The Kier molecular flexibility index (Phi) is 5.30. The van der Waals surface area contributed by atoms with Crippen LogP contribution in [-0.2, 0) is 11.3 Å². The topological polar surface area (TPSA) is 91.5 Å². The first-order chi connectivity index (χ1) is 10.3. The van der Waals surface area contributed by atoms with Gasteiger partial charge in [0.25, 0.3) is 0 Å². The zero-order valence-corrected chi connectivity index (χ0v) is 12.0. The van der Waals surface area contributed by atoms with E-state index in [1.165, 1.54) is 0 Å². The maximum atomic E-state index is 5.74. The summed E-state index contributed by atoms with van der Waals surface area (Å²) in [5.41, 5.74) is 2.48. The lowest BCUT2D eigenvalue weighted by atomic mass is 10.3. The van der Waals surface area contributed by atoms with Crippen LogP contribution in [0.25, 0.3) is 0 Å². The number of aromatic nitrogens is 2. The lowest BCUT2D eigenvalue weighted by molar-refractivity contribution is 0.128. The van der Waals surface area contributed by atoms with Gasteiger partial charge in [-0.25, -0.2) is 10.8 Å². The summed E-state index contributed by atoms with van der Waals surface area (Å²) < 4.78 is 16.3.